The molecule has 1 aliphatic carbocycles. The standard InChI is InChI=1S/C32H45N7/c1-4-37(2)24-26-17-15-25(16-18-26)23-33-31-34-30(35-32(36-31)39-21-19-38(3)20-22-39)29-13-7-11-27-9-5-6-10-28(27)12-8-14-29/h5-6,9-10,15-18,29H,4,7-8,11-14,19-24H2,1-3H3,(H,33,34,35,36). The minimum Gasteiger partial charge on any atom is -0.350 e. The van der Waals surface area contributed by atoms with Gasteiger partial charge < -0.3 is 20.0 Å². The Morgan fingerprint density at radius 1 is 0.846 bits per heavy atom. The lowest BCUT2D eigenvalue weighted by Crippen LogP contribution is -2.45. The molecule has 1 saturated heterocycles. The first-order valence-electron chi connectivity index (χ1n) is 14.8. The van der Waals surface area contributed by atoms with Gasteiger partial charge in [-0.2, -0.15) is 15.0 Å². The number of likely N-dealkylation sites (N-methyl/N-ethyl adjacent to an activating group) is 1. The fraction of sp³-hybridized carbons (Fsp3) is 0.531. The maximum atomic E-state index is 5.10. The molecule has 0 spiro atoms. The molecule has 0 amide bonds. The van der Waals surface area contributed by atoms with Crippen LogP contribution in [0.25, 0.3) is 0 Å². The van der Waals surface area contributed by atoms with Crippen molar-refractivity contribution in [2.75, 3.05) is 57.0 Å². The van der Waals surface area contributed by atoms with Gasteiger partial charge in [-0.05, 0) is 81.4 Å². The van der Waals surface area contributed by atoms with Crippen LogP contribution in [0.15, 0.2) is 48.5 Å². The van der Waals surface area contributed by atoms with E-state index in [1.807, 2.05) is 0 Å². The first-order valence-corrected chi connectivity index (χ1v) is 14.8. The predicted molar refractivity (Wildman–Crippen MR) is 160 cm³/mol. The van der Waals surface area contributed by atoms with Crippen LogP contribution in [0.3, 0.4) is 0 Å². The molecule has 39 heavy (non-hydrogen) atoms. The van der Waals surface area contributed by atoms with E-state index in [4.69, 9.17) is 15.0 Å². The summed E-state index contributed by atoms with van der Waals surface area (Å²) in [4.78, 5) is 22.1. The normalized spacial score (nSPS) is 17.4. The topological polar surface area (TPSA) is 60.4 Å². The third-order valence-corrected chi connectivity index (χ3v) is 8.37. The van der Waals surface area contributed by atoms with E-state index in [2.05, 4.69) is 89.6 Å². The molecule has 208 valence electrons. The van der Waals surface area contributed by atoms with Crippen molar-refractivity contribution < 1.29 is 0 Å². The highest BCUT2D eigenvalue weighted by Crippen LogP contribution is 2.30. The van der Waals surface area contributed by atoms with Gasteiger partial charge in [0.1, 0.15) is 5.82 Å². The lowest BCUT2D eigenvalue weighted by molar-refractivity contribution is 0.311. The third kappa shape index (κ3) is 7.55. The zero-order valence-corrected chi connectivity index (χ0v) is 24.1. The fourth-order valence-electron chi connectivity index (χ4n) is 5.68. The van der Waals surface area contributed by atoms with E-state index >= 15 is 0 Å². The van der Waals surface area contributed by atoms with E-state index in [0.717, 1.165) is 76.7 Å². The zero-order chi connectivity index (χ0) is 27.0. The van der Waals surface area contributed by atoms with Crippen LogP contribution < -0.4 is 10.2 Å². The van der Waals surface area contributed by atoms with Crippen molar-refractivity contribution in [1.29, 1.82) is 0 Å². The average molecular weight is 528 g/mol. The summed E-state index contributed by atoms with van der Waals surface area (Å²) in [6.07, 6.45) is 6.84. The molecular formula is C32H45N7. The summed E-state index contributed by atoms with van der Waals surface area (Å²) in [5, 5.41) is 3.54. The molecular weight excluding hydrogens is 482 g/mol. The lowest BCUT2D eigenvalue weighted by Gasteiger charge is -2.32. The third-order valence-electron chi connectivity index (χ3n) is 8.37. The summed E-state index contributed by atoms with van der Waals surface area (Å²) >= 11 is 0. The highest BCUT2D eigenvalue weighted by atomic mass is 15.3. The highest BCUT2D eigenvalue weighted by molar-refractivity contribution is 5.39. The minimum atomic E-state index is 0.365. The molecule has 2 heterocycles. The molecule has 5 rings (SSSR count). The Balaban J connectivity index is 1.32. The zero-order valence-electron chi connectivity index (χ0n) is 24.1. The number of nitrogens with zero attached hydrogens (tertiary/aromatic N) is 6. The summed E-state index contributed by atoms with van der Waals surface area (Å²) in [5.74, 6) is 2.86. The van der Waals surface area contributed by atoms with E-state index in [1.165, 1.54) is 35.1 Å². The van der Waals surface area contributed by atoms with E-state index in [0.29, 0.717) is 18.4 Å². The van der Waals surface area contributed by atoms with Crippen LogP contribution in [0.1, 0.15) is 66.6 Å². The van der Waals surface area contributed by atoms with Crippen LogP contribution in [-0.2, 0) is 25.9 Å². The second kappa shape index (κ2) is 13.4. The number of benzene rings is 2. The van der Waals surface area contributed by atoms with Crippen LogP contribution in [-0.4, -0.2) is 71.6 Å². The summed E-state index contributed by atoms with van der Waals surface area (Å²) < 4.78 is 0. The summed E-state index contributed by atoms with van der Waals surface area (Å²) in [7, 11) is 4.34. The Morgan fingerprint density at radius 2 is 1.49 bits per heavy atom. The largest absolute Gasteiger partial charge is 0.350 e. The van der Waals surface area contributed by atoms with Crippen molar-refractivity contribution >= 4 is 11.9 Å². The lowest BCUT2D eigenvalue weighted by atomic mass is 9.96. The second-order valence-electron chi connectivity index (χ2n) is 11.4. The number of hydrogen-bond donors (Lipinski definition) is 1. The van der Waals surface area contributed by atoms with Gasteiger partial charge in [-0.3, -0.25) is 0 Å². The maximum absolute atomic E-state index is 5.10. The number of nitrogens with one attached hydrogen (secondary N) is 1. The first-order chi connectivity index (χ1) is 19.1. The molecule has 0 radical (unpaired) electrons. The number of anilines is 2. The SMILES string of the molecule is CCN(C)Cc1ccc(CNc2nc(C3CCCc4ccccc4CCC3)nc(N3CCN(C)CC3)n2)cc1. The van der Waals surface area contributed by atoms with E-state index < -0.39 is 0 Å². The number of aromatic nitrogens is 3. The van der Waals surface area contributed by atoms with E-state index in [1.54, 1.807) is 0 Å². The van der Waals surface area contributed by atoms with Gasteiger partial charge in [0.25, 0.3) is 0 Å². The van der Waals surface area contributed by atoms with E-state index in [-0.39, 0.29) is 0 Å². The molecule has 1 aliphatic heterocycles. The molecule has 0 atom stereocenters. The first kappa shape index (κ1) is 27.5. The quantitative estimate of drug-likeness (QED) is 0.436. The van der Waals surface area contributed by atoms with Crippen molar-refractivity contribution in [2.24, 2.45) is 0 Å². The molecule has 7 heteroatoms. The van der Waals surface area contributed by atoms with Gasteiger partial charge in [-0.15, -0.1) is 0 Å². The van der Waals surface area contributed by atoms with Gasteiger partial charge >= 0.3 is 0 Å². The minimum absolute atomic E-state index is 0.365. The molecule has 0 bridgehead atoms. The second-order valence-corrected chi connectivity index (χ2v) is 11.4. The number of fused-ring (bicyclic) bond motifs is 1. The number of rotatable bonds is 8. The average Bonchev–Trinajstić information content (AvgIpc) is 3.07. The fourth-order valence-corrected chi connectivity index (χ4v) is 5.68. The highest BCUT2D eigenvalue weighted by Gasteiger charge is 2.23. The van der Waals surface area contributed by atoms with Gasteiger partial charge in [0.2, 0.25) is 11.9 Å². The maximum Gasteiger partial charge on any atom is 0.230 e. The van der Waals surface area contributed by atoms with Crippen molar-refractivity contribution in [3.8, 4) is 0 Å². The van der Waals surface area contributed by atoms with Crippen LogP contribution in [0.5, 0.6) is 0 Å². The van der Waals surface area contributed by atoms with Gasteiger partial charge in [0, 0.05) is 45.2 Å². The van der Waals surface area contributed by atoms with Gasteiger partial charge in [0.15, 0.2) is 0 Å². The molecule has 2 aliphatic rings. The van der Waals surface area contributed by atoms with Crippen LogP contribution >= 0.6 is 0 Å². The van der Waals surface area contributed by atoms with Crippen molar-refractivity contribution in [2.45, 2.75) is 64.5 Å². The predicted octanol–water partition coefficient (Wildman–Crippen LogP) is 5.13. The molecule has 1 aromatic heterocycles. The smallest absolute Gasteiger partial charge is 0.230 e. The van der Waals surface area contributed by atoms with E-state index in [9.17, 15) is 0 Å². The van der Waals surface area contributed by atoms with Crippen LogP contribution in [0.2, 0.25) is 0 Å². The molecule has 0 unspecified atom stereocenters. The van der Waals surface area contributed by atoms with Crippen LogP contribution in [0.4, 0.5) is 11.9 Å². The van der Waals surface area contributed by atoms with Crippen molar-refractivity contribution in [3.63, 3.8) is 0 Å². The Kier molecular flexibility index (Phi) is 9.43. The van der Waals surface area contributed by atoms with Gasteiger partial charge in [-0.1, -0.05) is 55.5 Å². The molecule has 1 fully saturated rings. The number of hydrogen-bond acceptors (Lipinski definition) is 7. The van der Waals surface area contributed by atoms with Crippen molar-refractivity contribution in [3.05, 3.63) is 76.6 Å². The Hall–Kier alpha value is -3.03. The van der Waals surface area contributed by atoms with Crippen LogP contribution in [0, 0.1) is 0 Å². The number of piperazine rings is 1. The molecule has 7 nitrogen and oxygen atoms in total. The monoisotopic (exact) mass is 527 g/mol. The van der Waals surface area contributed by atoms with Gasteiger partial charge in [0.05, 0.1) is 0 Å². The summed E-state index contributed by atoms with van der Waals surface area (Å²) in [6.45, 7) is 8.89. The van der Waals surface area contributed by atoms with Crippen molar-refractivity contribution in [1.82, 2.24) is 24.8 Å². The Morgan fingerprint density at radius 3 is 2.13 bits per heavy atom. The Labute approximate surface area is 234 Å². The molecule has 1 N–H and O–H groups in total. The summed E-state index contributed by atoms with van der Waals surface area (Å²) in [5.41, 5.74) is 5.61. The molecule has 0 saturated carbocycles. The molecule has 3 aromatic rings. The summed E-state index contributed by atoms with van der Waals surface area (Å²) in [6, 6.07) is 17.9. The molecule has 2 aromatic carbocycles. The Bertz CT molecular complexity index is 1160. The number of aryl methyl sites for hydroxylation is 2. The van der Waals surface area contributed by atoms with Gasteiger partial charge in [-0.25, -0.2) is 0 Å².